The second-order valence-electron chi connectivity index (χ2n) is 7.01. The predicted octanol–water partition coefficient (Wildman–Crippen LogP) is 2.82. The van der Waals surface area contributed by atoms with Crippen LogP contribution in [0.15, 0.2) is 47.4 Å². The van der Waals surface area contributed by atoms with E-state index in [0.717, 1.165) is 29.5 Å². The Morgan fingerprint density at radius 1 is 1.12 bits per heavy atom. The molecule has 1 heterocycles. The highest BCUT2D eigenvalue weighted by Gasteiger charge is 2.24. The minimum absolute atomic E-state index is 0.0892. The molecule has 2 aromatic carbocycles. The lowest BCUT2D eigenvalue weighted by molar-refractivity contribution is 0.103. The van der Waals surface area contributed by atoms with Crippen LogP contribution in [0.3, 0.4) is 0 Å². The number of carbonyl (C=O) groups excluding carboxylic acids is 1. The van der Waals surface area contributed by atoms with Gasteiger partial charge in [-0.25, -0.2) is 26.9 Å². The van der Waals surface area contributed by atoms with E-state index in [4.69, 9.17) is 5.73 Å². The van der Waals surface area contributed by atoms with Crippen molar-refractivity contribution in [1.29, 1.82) is 0 Å². The van der Waals surface area contributed by atoms with Crippen LogP contribution in [0, 0.1) is 11.6 Å². The zero-order chi connectivity index (χ0) is 23.5. The fraction of sp³-hybridized carbons (Fsp3) is 0.200. The van der Waals surface area contributed by atoms with E-state index in [1.54, 1.807) is 0 Å². The zero-order valence-electron chi connectivity index (χ0n) is 17.2. The van der Waals surface area contributed by atoms with E-state index in [1.807, 2.05) is 19.0 Å². The number of nitrogen functional groups attached to an aromatic ring is 1. The summed E-state index contributed by atoms with van der Waals surface area (Å²) in [7, 11) is 0.0271. The zero-order valence-corrected chi connectivity index (χ0v) is 18.9. The summed E-state index contributed by atoms with van der Waals surface area (Å²) in [6.45, 7) is 0.829. The van der Waals surface area contributed by atoms with Crippen molar-refractivity contribution in [1.82, 2.24) is 14.6 Å². The number of nitrogens with two attached hydrogens (primary N) is 1. The van der Waals surface area contributed by atoms with E-state index >= 15 is 0 Å². The van der Waals surface area contributed by atoms with Gasteiger partial charge in [-0.2, -0.15) is 0 Å². The first-order valence-corrected chi connectivity index (χ1v) is 11.6. The Hall–Kier alpha value is -2.93. The van der Waals surface area contributed by atoms with Crippen molar-refractivity contribution in [3.63, 3.8) is 0 Å². The number of anilines is 3. The molecule has 0 saturated heterocycles. The molecule has 0 unspecified atom stereocenters. The lowest BCUT2D eigenvalue weighted by Gasteiger charge is -2.11. The average Bonchev–Trinajstić information content (AvgIpc) is 3.07. The van der Waals surface area contributed by atoms with Crippen LogP contribution in [0.2, 0.25) is 0 Å². The molecule has 0 radical (unpaired) electrons. The van der Waals surface area contributed by atoms with Crippen LogP contribution in [-0.4, -0.2) is 51.3 Å². The minimum atomic E-state index is -3.65. The predicted molar refractivity (Wildman–Crippen MR) is 120 cm³/mol. The molecular weight excluding hydrogens is 460 g/mol. The minimum Gasteiger partial charge on any atom is -0.382 e. The largest absolute Gasteiger partial charge is 0.382 e. The van der Waals surface area contributed by atoms with E-state index in [-0.39, 0.29) is 27.3 Å². The number of benzene rings is 2. The van der Waals surface area contributed by atoms with Crippen LogP contribution in [0.1, 0.15) is 15.2 Å². The van der Waals surface area contributed by atoms with Crippen molar-refractivity contribution in [3.05, 3.63) is 64.5 Å². The van der Waals surface area contributed by atoms with Gasteiger partial charge in [0.15, 0.2) is 5.13 Å². The molecule has 170 valence electrons. The topological polar surface area (TPSA) is 117 Å². The van der Waals surface area contributed by atoms with E-state index < -0.39 is 33.0 Å². The Morgan fingerprint density at radius 3 is 2.34 bits per heavy atom. The third-order valence-corrected chi connectivity index (χ3v) is 6.78. The summed E-state index contributed by atoms with van der Waals surface area (Å²) in [6, 6.07) is 9.00. The van der Waals surface area contributed by atoms with Crippen LogP contribution < -0.4 is 15.8 Å². The Labute approximate surface area is 188 Å². The number of aromatic nitrogens is 1. The lowest BCUT2D eigenvalue weighted by Crippen LogP contribution is -2.31. The first kappa shape index (κ1) is 23.7. The van der Waals surface area contributed by atoms with Crippen molar-refractivity contribution in [3.8, 4) is 0 Å². The third-order valence-electron chi connectivity index (χ3n) is 4.32. The van der Waals surface area contributed by atoms with Crippen LogP contribution in [-0.2, 0) is 10.0 Å². The van der Waals surface area contributed by atoms with Gasteiger partial charge >= 0.3 is 0 Å². The highest BCUT2D eigenvalue weighted by molar-refractivity contribution is 7.89. The standard InChI is InChI=1S/C20H21F2N5O3S2/c1-27(2)11-10-24-32(29,30)13-8-6-12(7-9-13)25-20-26-19(23)18(31-20)17(28)16-14(21)4-3-5-15(16)22/h3-9,24H,10-11,23H2,1-2H3,(H,25,26). The van der Waals surface area contributed by atoms with E-state index in [2.05, 4.69) is 15.0 Å². The molecule has 0 saturated carbocycles. The number of nitrogens with zero attached hydrogens (tertiary/aromatic N) is 2. The number of carbonyl (C=O) groups is 1. The van der Waals surface area contributed by atoms with Crippen molar-refractivity contribution in [2.45, 2.75) is 4.90 Å². The molecule has 4 N–H and O–H groups in total. The number of sulfonamides is 1. The normalized spacial score (nSPS) is 11.7. The van der Waals surface area contributed by atoms with E-state index in [9.17, 15) is 22.0 Å². The molecule has 0 fully saturated rings. The first-order chi connectivity index (χ1) is 15.1. The molecule has 0 bridgehead atoms. The van der Waals surface area contributed by atoms with Gasteiger partial charge in [0, 0.05) is 18.8 Å². The summed E-state index contributed by atoms with van der Waals surface area (Å²) in [5, 5.41) is 3.11. The van der Waals surface area contributed by atoms with Gasteiger partial charge in [-0.15, -0.1) is 0 Å². The Balaban J connectivity index is 1.74. The molecule has 1 aromatic heterocycles. The van der Waals surface area contributed by atoms with Gasteiger partial charge in [0.1, 0.15) is 22.3 Å². The number of hydrogen-bond acceptors (Lipinski definition) is 8. The van der Waals surface area contributed by atoms with E-state index in [1.165, 1.54) is 24.3 Å². The maximum Gasteiger partial charge on any atom is 0.240 e. The Bertz CT molecular complexity index is 1210. The maximum atomic E-state index is 13.9. The molecule has 0 atom stereocenters. The van der Waals surface area contributed by atoms with Crippen molar-refractivity contribution >= 4 is 43.8 Å². The maximum absolute atomic E-state index is 13.9. The molecule has 0 amide bonds. The summed E-state index contributed by atoms with van der Waals surface area (Å²) in [4.78, 5) is 18.4. The van der Waals surface area contributed by atoms with Crippen molar-refractivity contribution in [2.75, 3.05) is 38.2 Å². The van der Waals surface area contributed by atoms with Gasteiger partial charge in [-0.1, -0.05) is 17.4 Å². The van der Waals surface area contributed by atoms with Crippen LogP contribution >= 0.6 is 11.3 Å². The second-order valence-corrected chi connectivity index (χ2v) is 9.78. The molecule has 3 rings (SSSR count). The number of rotatable bonds is 9. The summed E-state index contributed by atoms with van der Waals surface area (Å²) in [6.07, 6.45) is 0. The molecule has 0 spiro atoms. The number of ketones is 1. The molecule has 3 aromatic rings. The molecule has 0 aliphatic carbocycles. The lowest BCUT2D eigenvalue weighted by atomic mass is 10.1. The van der Waals surface area contributed by atoms with E-state index in [0.29, 0.717) is 12.2 Å². The van der Waals surface area contributed by atoms with Gasteiger partial charge < -0.3 is 16.0 Å². The second kappa shape index (κ2) is 9.69. The average molecular weight is 482 g/mol. The van der Waals surface area contributed by atoms with Gasteiger partial charge in [0.2, 0.25) is 15.8 Å². The van der Waals surface area contributed by atoms with Gasteiger partial charge in [-0.3, -0.25) is 4.79 Å². The highest BCUT2D eigenvalue weighted by atomic mass is 32.2. The van der Waals surface area contributed by atoms with Crippen molar-refractivity contribution < 1.29 is 22.0 Å². The van der Waals surface area contributed by atoms with Crippen molar-refractivity contribution in [2.24, 2.45) is 0 Å². The fourth-order valence-corrected chi connectivity index (χ4v) is 4.58. The Kier molecular flexibility index (Phi) is 7.19. The number of hydrogen-bond donors (Lipinski definition) is 3. The fourth-order valence-electron chi connectivity index (χ4n) is 2.70. The van der Waals surface area contributed by atoms with Gasteiger partial charge in [-0.05, 0) is 50.5 Å². The number of nitrogens with one attached hydrogen (secondary N) is 2. The molecule has 0 aliphatic rings. The smallest absolute Gasteiger partial charge is 0.240 e. The van der Waals surface area contributed by atoms with Crippen LogP contribution in [0.4, 0.5) is 25.4 Å². The summed E-state index contributed by atoms with van der Waals surface area (Å²) >= 11 is 0.833. The monoisotopic (exact) mass is 481 g/mol. The summed E-state index contributed by atoms with van der Waals surface area (Å²) in [5.74, 6) is -3.06. The highest BCUT2D eigenvalue weighted by Crippen LogP contribution is 2.31. The molecule has 12 heteroatoms. The van der Waals surface area contributed by atoms with Crippen LogP contribution in [0.25, 0.3) is 0 Å². The summed E-state index contributed by atoms with van der Waals surface area (Å²) in [5.41, 5.74) is 5.57. The quantitative estimate of drug-likeness (QED) is 0.402. The summed E-state index contributed by atoms with van der Waals surface area (Å²) < 4.78 is 55.0. The molecular formula is C20H21F2N5O3S2. The number of halogens is 2. The van der Waals surface area contributed by atoms with Crippen LogP contribution in [0.5, 0.6) is 0 Å². The Morgan fingerprint density at radius 2 is 1.75 bits per heavy atom. The van der Waals surface area contributed by atoms with Gasteiger partial charge in [0.25, 0.3) is 0 Å². The molecule has 8 nitrogen and oxygen atoms in total. The third kappa shape index (κ3) is 5.46. The number of thiazole rings is 1. The molecule has 32 heavy (non-hydrogen) atoms. The molecule has 0 aliphatic heterocycles. The first-order valence-electron chi connectivity index (χ1n) is 9.35. The SMILES string of the molecule is CN(C)CCNS(=O)(=O)c1ccc(Nc2nc(N)c(C(=O)c3c(F)cccc3F)s2)cc1. The number of likely N-dealkylation sites (N-methyl/N-ethyl adjacent to an activating group) is 1. The van der Waals surface area contributed by atoms with Gasteiger partial charge in [0.05, 0.1) is 10.5 Å².